The predicted molar refractivity (Wildman–Crippen MR) is 228 cm³/mol. The number of nitrogens with zero attached hydrogens (tertiary/aromatic N) is 1. The Kier molecular flexibility index (Phi) is 35.8. The van der Waals surface area contributed by atoms with Crippen molar-refractivity contribution in [3.63, 3.8) is 0 Å². The van der Waals surface area contributed by atoms with Crippen LogP contribution in [0.15, 0.2) is 48.6 Å². The lowest BCUT2D eigenvalue weighted by molar-refractivity contribution is -0.870. The average molecular weight is 812 g/mol. The fourth-order valence-electron chi connectivity index (χ4n) is 5.72. The van der Waals surface area contributed by atoms with Gasteiger partial charge in [-0.3, -0.25) is 14.2 Å². The number of carbonyl (C=O) groups excluding carboxylic acids is 2. The zero-order chi connectivity index (χ0) is 41.6. The van der Waals surface area contributed by atoms with Gasteiger partial charge in [-0.1, -0.05) is 152 Å². The fourth-order valence-corrected chi connectivity index (χ4v) is 6.45. The van der Waals surface area contributed by atoms with Crippen LogP contribution in [0.1, 0.15) is 168 Å². The average Bonchev–Trinajstić information content (AvgIpc) is 3.14. The molecule has 0 aliphatic rings. The Bertz CT molecular complexity index is 1120. The summed E-state index contributed by atoms with van der Waals surface area (Å²) in [5.74, 6) is -0.920. The molecule has 0 saturated heterocycles. The van der Waals surface area contributed by atoms with E-state index in [1.807, 2.05) is 33.3 Å². The maximum Gasteiger partial charge on any atom is 0.306 e. The zero-order valence-electron chi connectivity index (χ0n) is 36.2. The van der Waals surface area contributed by atoms with Crippen molar-refractivity contribution in [2.75, 3.05) is 47.5 Å². The molecule has 0 aromatic heterocycles. The summed E-state index contributed by atoms with van der Waals surface area (Å²) < 4.78 is 33.8. The fraction of sp³-hybridized carbons (Fsp3) is 0.778. The molecule has 0 aromatic carbocycles. The van der Waals surface area contributed by atoms with Gasteiger partial charge in [-0.25, -0.2) is 0 Å². The lowest BCUT2D eigenvalue weighted by Crippen LogP contribution is -2.37. The molecule has 0 aliphatic heterocycles. The number of phosphoric ester groups is 1. The first-order chi connectivity index (χ1) is 26.9. The number of hydrogen-bond donors (Lipinski definition) is 1. The first-order valence-electron chi connectivity index (χ1n) is 21.9. The molecule has 0 fully saturated rings. The highest BCUT2D eigenvalue weighted by Crippen LogP contribution is 2.38. The SMILES string of the molecule is CCCCCCCCCCCCCCCCC(=O)O[C@H](COC(=O)CCC/C=C\C/C=C\C/C=C\C/C=C\CC(O)CCC)COP(=O)([O-])OCC[N+](C)(C)C. The number of hydrogen-bond acceptors (Lipinski definition) is 9. The molecule has 0 aromatic rings. The molecule has 0 spiro atoms. The van der Waals surface area contributed by atoms with E-state index in [1.54, 1.807) is 0 Å². The van der Waals surface area contributed by atoms with Gasteiger partial charge in [0.1, 0.15) is 19.8 Å². The molecule has 0 radical (unpaired) electrons. The van der Waals surface area contributed by atoms with Crippen LogP contribution in [0.4, 0.5) is 0 Å². The number of aliphatic hydroxyl groups is 1. The third-order valence-corrected chi connectivity index (χ3v) is 10.1. The molecule has 0 heterocycles. The van der Waals surface area contributed by atoms with Gasteiger partial charge in [-0.2, -0.15) is 0 Å². The second-order valence-electron chi connectivity index (χ2n) is 15.9. The second kappa shape index (κ2) is 37.2. The Balaban J connectivity index is 4.47. The lowest BCUT2D eigenvalue weighted by atomic mass is 10.0. The van der Waals surface area contributed by atoms with Crippen LogP contribution in [0, 0.1) is 0 Å². The first-order valence-corrected chi connectivity index (χ1v) is 23.4. The summed E-state index contributed by atoms with van der Waals surface area (Å²) in [6.07, 6.45) is 39.2. The highest BCUT2D eigenvalue weighted by Gasteiger charge is 2.21. The number of aliphatic hydroxyl groups excluding tert-OH is 1. The van der Waals surface area contributed by atoms with Crippen molar-refractivity contribution in [1.29, 1.82) is 0 Å². The third-order valence-electron chi connectivity index (χ3n) is 9.16. The number of rotatable bonds is 39. The molecule has 0 saturated carbocycles. The summed E-state index contributed by atoms with van der Waals surface area (Å²) in [4.78, 5) is 37.5. The van der Waals surface area contributed by atoms with E-state index in [0.717, 1.165) is 51.4 Å². The minimum atomic E-state index is -4.64. The Morgan fingerprint density at radius 1 is 0.643 bits per heavy atom. The van der Waals surface area contributed by atoms with Crippen LogP contribution in [-0.2, 0) is 32.7 Å². The van der Waals surface area contributed by atoms with Crippen molar-refractivity contribution in [2.24, 2.45) is 0 Å². The number of likely N-dealkylation sites (N-methyl/N-ethyl adjacent to an activating group) is 1. The summed E-state index contributed by atoms with van der Waals surface area (Å²) in [6, 6.07) is 0. The van der Waals surface area contributed by atoms with E-state index in [4.69, 9.17) is 18.5 Å². The Morgan fingerprint density at radius 3 is 1.68 bits per heavy atom. The van der Waals surface area contributed by atoms with E-state index >= 15 is 0 Å². The minimum Gasteiger partial charge on any atom is -0.756 e. The quantitative estimate of drug-likeness (QED) is 0.0212. The number of esters is 2. The van der Waals surface area contributed by atoms with E-state index in [9.17, 15) is 24.2 Å². The molecule has 1 N–H and O–H groups in total. The van der Waals surface area contributed by atoms with E-state index in [-0.39, 0.29) is 32.2 Å². The molecule has 3 atom stereocenters. The van der Waals surface area contributed by atoms with E-state index in [0.29, 0.717) is 36.7 Å². The molecule has 0 bridgehead atoms. The summed E-state index contributed by atoms with van der Waals surface area (Å²) in [7, 11) is 1.11. The van der Waals surface area contributed by atoms with Gasteiger partial charge in [0.15, 0.2) is 6.10 Å². The monoisotopic (exact) mass is 812 g/mol. The van der Waals surface area contributed by atoms with Gasteiger partial charge < -0.3 is 33.0 Å². The van der Waals surface area contributed by atoms with Crippen molar-refractivity contribution in [3.8, 4) is 0 Å². The Labute approximate surface area is 342 Å². The van der Waals surface area contributed by atoms with Gasteiger partial charge in [0.05, 0.1) is 33.9 Å². The molecule has 0 aliphatic carbocycles. The molecule has 326 valence electrons. The Hall–Kier alpha value is -2.07. The molecular formula is C45H82NO9P. The van der Waals surface area contributed by atoms with Gasteiger partial charge in [0.2, 0.25) is 0 Å². The van der Waals surface area contributed by atoms with Crippen molar-refractivity contribution in [3.05, 3.63) is 48.6 Å². The maximum atomic E-state index is 12.7. The van der Waals surface area contributed by atoms with Crippen LogP contribution < -0.4 is 4.89 Å². The van der Waals surface area contributed by atoms with Crippen LogP contribution in [0.5, 0.6) is 0 Å². The number of phosphoric acid groups is 1. The summed E-state index contributed by atoms with van der Waals surface area (Å²) in [5.41, 5.74) is 0. The van der Waals surface area contributed by atoms with E-state index < -0.39 is 32.5 Å². The van der Waals surface area contributed by atoms with Crippen molar-refractivity contribution < 1.29 is 47.2 Å². The van der Waals surface area contributed by atoms with Gasteiger partial charge in [-0.15, -0.1) is 0 Å². The molecule has 11 heteroatoms. The van der Waals surface area contributed by atoms with E-state index in [2.05, 4.69) is 50.3 Å². The number of ether oxygens (including phenoxy) is 2. The largest absolute Gasteiger partial charge is 0.756 e. The first kappa shape index (κ1) is 53.9. The topological polar surface area (TPSA) is 131 Å². The second-order valence-corrected chi connectivity index (χ2v) is 17.3. The van der Waals surface area contributed by atoms with E-state index in [1.165, 1.54) is 64.2 Å². The molecule has 56 heavy (non-hydrogen) atoms. The number of unbranched alkanes of at least 4 members (excludes halogenated alkanes) is 14. The number of allylic oxidation sites excluding steroid dienone is 7. The highest BCUT2D eigenvalue weighted by molar-refractivity contribution is 7.45. The summed E-state index contributed by atoms with van der Waals surface area (Å²) >= 11 is 0. The molecule has 2 unspecified atom stereocenters. The highest BCUT2D eigenvalue weighted by atomic mass is 31.2. The zero-order valence-corrected chi connectivity index (χ0v) is 37.1. The van der Waals surface area contributed by atoms with Crippen LogP contribution in [0.2, 0.25) is 0 Å². The van der Waals surface area contributed by atoms with Gasteiger partial charge in [0.25, 0.3) is 7.82 Å². The van der Waals surface area contributed by atoms with Gasteiger partial charge in [0, 0.05) is 12.8 Å². The minimum absolute atomic E-state index is 0.0458. The smallest absolute Gasteiger partial charge is 0.306 e. The summed E-state index contributed by atoms with van der Waals surface area (Å²) in [6.45, 7) is 3.95. The Morgan fingerprint density at radius 2 is 1.14 bits per heavy atom. The van der Waals surface area contributed by atoms with Crippen molar-refractivity contribution in [2.45, 2.75) is 180 Å². The lowest BCUT2D eigenvalue weighted by Gasteiger charge is -2.28. The molecule has 0 amide bonds. The standard InChI is InChI=1S/C45H82NO9P/c1-6-8-9-10-11-12-13-14-17-21-24-27-30-33-37-45(49)55-43(41-54-56(50,51)53-39-38-46(3,4)5)40-52-44(48)36-32-29-26-23-20-18-15-16-19-22-25-28-31-35-42(47)34-7-2/h15,18-19,22-23,26,28,31,42-43,47H,6-14,16-17,20-21,24-25,27,29-30,32-41H2,1-5H3/b18-15-,22-19-,26-23-,31-28-/t42?,43-/m1/s1. The summed E-state index contributed by atoms with van der Waals surface area (Å²) in [5, 5.41) is 9.73. The molecule has 10 nitrogen and oxygen atoms in total. The van der Waals surface area contributed by atoms with Crippen LogP contribution >= 0.6 is 7.82 Å². The van der Waals surface area contributed by atoms with Crippen LogP contribution in [0.25, 0.3) is 0 Å². The molecule has 0 rings (SSSR count). The number of carbonyl (C=O) groups is 2. The van der Waals surface area contributed by atoms with Gasteiger partial charge >= 0.3 is 11.9 Å². The van der Waals surface area contributed by atoms with Crippen LogP contribution in [0.3, 0.4) is 0 Å². The number of quaternary nitrogens is 1. The normalized spacial score (nSPS) is 14.6. The van der Waals surface area contributed by atoms with Crippen LogP contribution in [-0.4, -0.2) is 81.2 Å². The third kappa shape index (κ3) is 40.1. The maximum absolute atomic E-state index is 12.7. The van der Waals surface area contributed by atoms with Gasteiger partial charge in [-0.05, 0) is 51.4 Å². The predicted octanol–water partition coefficient (Wildman–Crippen LogP) is 10.6. The van der Waals surface area contributed by atoms with Crippen molar-refractivity contribution >= 4 is 19.8 Å². The molecular weight excluding hydrogens is 729 g/mol. The van der Waals surface area contributed by atoms with Crippen molar-refractivity contribution in [1.82, 2.24) is 0 Å².